The molecule has 0 saturated carbocycles. The van der Waals surface area contributed by atoms with Crippen molar-refractivity contribution in [1.82, 2.24) is 24.6 Å². The standard InChI is InChI=1S/C26H28N6O4S/c1-26(2,27)19-8-9-28-21(15-19)18-5-7-23(29-16-18)32-22-14-17(25(33)31-10-12-36-13-11-31)4-6-20(22)24(30-32)37(3,34)35/h4-9,14-16H,10-13,27H2,1-3H3. The van der Waals surface area contributed by atoms with Gasteiger partial charge in [-0.2, -0.15) is 5.10 Å². The fourth-order valence-corrected chi connectivity index (χ4v) is 5.07. The van der Waals surface area contributed by atoms with Gasteiger partial charge >= 0.3 is 0 Å². The fraction of sp³-hybridized carbons (Fsp3) is 0.308. The lowest BCUT2D eigenvalue weighted by Crippen LogP contribution is -2.40. The van der Waals surface area contributed by atoms with Gasteiger partial charge in [0.2, 0.25) is 0 Å². The largest absolute Gasteiger partial charge is 0.378 e. The van der Waals surface area contributed by atoms with Crippen molar-refractivity contribution < 1.29 is 17.9 Å². The number of pyridine rings is 2. The summed E-state index contributed by atoms with van der Waals surface area (Å²) in [7, 11) is -3.63. The topological polar surface area (TPSA) is 133 Å². The molecule has 0 spiro atoms. The number of aromatic nitrogens is 4. The molecule has 0 radical (unpaired) electrons. The number of sulfone groups is 1. The van der Waals surface area contributed by atoms with Gasteiger partial charge in [-0.3, -0.25) is 9.78 Å². The Balaban J connectivity index is 1.57. The van der Waals surface area contributed by atoms with Gasteiger partial charge < -0.3 is 15.4 Å². The molecule has 1 aliphatic rings. The Morgan fingerprint density at radius 3 is 2.46 bits per heavy atom. The van der Waals surface area contributed by atoms with E-state index in [4.69, 9.17) is 10.5 Å². The maximum absolute atomic E-state index is 13.1. The first-order chi connectivity index (χ1) is 17.5. The van der Waals surface area contributed by atoms with E-state index in [1.54, 1.807) is 41.6 Å². The number of nitrogens with zero attached hydrogens (tertiary/aromatic N) is 5. The Morgan fingerprint density at radius 1 is 1.05 bits per heavy atom. The summed E-state index contributed by atoms with van der Waals surface area (Å²) in [6.45, 7) is 5.83. The average Bonchev–Trinajstić information content (AvgIpc) is 3.28. The second-order valence-electron chi connectivity index (χ2n) is 9.68. The number of hydrogen-bond acceptors (Lipinski definition) is 8. The van der Waals surface area contributed by atoms with Gasteiger partial charge in [0.25, 0.3) is 5.91 Å². The van der Waals surface area contributed by atoms with Crippen LogP contribution in [0.4, 0.5) is 0 Å². The van der Waals surface area contributed by atoms with E-state index in [9.17, 15) is 13.2 Å². The number of amides is 1. The number of hydrogen-bond donors (Lipinski definition) is 1. The maximum Gasteiger partial charge on any atom is 0.254 e. The van der Waals surface area contributed by atoms with Gasteiger partial charge in [-0.15, -0.1) is 0 Å². The summed E-state index contributed by atoms with van der Waals surface area (Å²) in [5, 5.41) is 4.73. The minimum absolute atomic E-state index is 0.0710. The Kier molecular flexibility index (Phi) is 6.30. The molecule has 0 aliphatic carbocycles. The predicted molar refractivity (Wildman–Crippen MR) is 139 cm³/mol. The van der Waals surface area contributed by atoms with E-state index in [-0.39, 0.29) is 10.9 Å². The van der Waals surface area contributed by atoms with Gasteiger partial charge in [0, 0.05) is 53.8 Å². The molecule has 0 unspecified atom stereocenters. The SMILES string of the molecule is CC(C)(N)c1ccnc(-c2ccc(-n3nc(S(C)(=O)=O)c4ccc(C(=O)N5CCOCC5)cc43)nc2)c1. The highest BCUT2D eigenvalue weighted by Gasteiger charge is 2.24. The molecule has 1 amide bonds. The van der Waals surface area contributed by atoms with Crippen molar-refractivity contribution in [2.24, 2.45) is 5.73 Å². The van der Waals surface area contributed by atoms with Crippen LogP contribution in [-0.4, -0.2) is 71.5 Å². The molecule has 0 bridgehead atoms. The molecule has 3 aromatic heterocycles. The number of carbonyl (C=O) groups excluding carboxylic acids is 1. The van der Waals surface area contributed by atoms with E-state index in [1.165, 1.54) is 4.68 Å². The molecular formula is C26H28N6O4S. The third-order valence-electron chi connectivity index (χ3n) is 6.31. The number of carbonyl (C=O) groups is 1. The van der Waals surface area contributed by atoms with Crippen molar-refractivity contribution in [1.29, 1.82) is 0 Å². The summed E-state index contributed by atoms with van der Waals surface area (Å²) < 4.78 is 31.8. The Hall–Kier alpha value is -3.67. The van der Waals surface area contributed by atoms with Crippen molar-refractivity contribution in [2.45, 2.75) is 24.4 Å². The van der Waals surface area contributed by atoms with Crippen LogP contribution in [-0.2, 0) is 20.1 Å². The highest BCUT2D eigenvalue weighted by Crippen LogP contribution is 2.28. The smallest absolute Gasteiger partial charge is 0.254 e. The lowest BCUT2D eigenvalue weighted by Gasteiger charge is -2.26. The highest BCUT2D eigenvalue weighted by molar-refractivity contribution is 7.90. The normalized spacial score (nSPS) is 14.8. The van der Waals surface area contributed by atoms with Gasteiger partial charge in [-0.25, -0.2) is 18.1 Å². The van der Waals surface area contributed by atoms with E-state index in [0.29, 0.717) is 48.6 Å². The van der Waals surface area contributed by atoms with Crippen molar-refractivity contribution in [3.63, 3.8) is 0 Å². The van der Waals surface area contributed by atoms with Crippen LogP contribution >= 0.6 is 0 Å². The van der Waals surface area contributed by atoms with Gasteiger partial charge in [0.1, 0.15) is 0 Å². The monoisotopic (exact) mass is 520 g/mol. The minimum atomic E-state index is -3.63. The molecule has 5 rings (SSSR count). The first kappa shape index (κ1) is 25.0. The van der Waals surface area contributed by atoms with Gasteiger partial charge in [0.05, 0.1) is 24.4 Å². The summed E-state index contributed by atoms with van der Waals surface area (Å²) >= 11 is 0. The van der Waals surface area contributed by atoms with E-state index < -0.39 is 15.4 Å². The molecule has 4 heterocycles. The summed E-state index contributed by atoms with van der Waals surface area (Å²) in [5.74, 6) is 0.269. The molecule has 37 heavy (non-hydrogen) atoms. The van der Waals surface area contributed by atoms with E-state index in [0.717, 1.165) is 23.1 Å². The highest BCUT2D eigenvalue weighted by atomic mass is 32.2. The number of fused-ring (bicyclic) bond motifs is 1. The number of nitrogens with two attached hydrogens (primary N) is 1. The zero-order valence-electron chi connectivity index (χ0n) is 20.9. The Labute approximate surface area is 215 Å². The quantitative estimate of drug-likeness (QED) is 0.424. The van der Waals surface area contributed by atoms with Crippen LogP contribution in [0.2, 0.25) is 0 Å². The van der Waals surface area contributed by atoms with Gasteiger partial charge in [-0.1, -0.05) is 0 Å². The van der Waals surface area contributed by atoms with Crippen LogP contribution in [0.15, 0.2) is 59.9 Å². The van der Waals surface area contributed by atoms with Gasteiger partial charge in [0.15, 0.2) is 20.7 Å². The molecule has 10 nitrogen and oxygen atoms in total. The lowest BCUT2D eigenvalue weighted by atomic mass is 9.95. The number of ether oxygens (including phenoxy) is 1. The first-order valence-electron chi connectivity index (χ1n) is 11.8. The van der Waals surface area contributed by atoms with Crippen LogP contribution in [0.25, 0.3) is 28.0 Å². The number of morpholine rings is 1. The molecule has 4 aromatic rings. The third kappa shape index (κ3) is 4.97. The zero-order chi connectivity index (χ0) is 26.4. The number of rotatable bonds is 5. The van der Waals surface area contributed by atoms with Crippen LogP contribution < -0.4 is 5.73 Å². The van der Waals surface area contributed by atoms with Gasteiger partial charge in [-0.05, 0) is 61.9 Å². The van der Waals surface area contributed by atoms with E-state index in [1.807, 2.05) is 32.0 Å². The maximum atomic E-state index is 13.1. The second-order valence-corrected chi connectivity index (χ2v) is 11.6. The minimum Gasteiger partial charge on any atom is -0.378 e. The Bertz CT molecular complexity index is 1580. The molecule has 1 fully saturated rings. The van der Waals surface area contributed by atoms with E-state index in [2.05, 4.69) is 15.1 Å². The zero-order valence-corrected chi connectivity index (χ0v) is 21.7. The molecule has 11 heteroatoms. The summed E-state index contributed by atoms with van der Waals surface area (Å²) in [6, 6.07) is 12.3. The average molecular weight is 521 g/mol. The molecular weight excluding hydrogens is 492 g/mol. The van der Waals surface area contributed by atoms with Crippen molar-refractivity contribution in [2.75, 3.05) is 32.6 Å². The predicted octanol–water partition coefficient (Wildman–Crippen LogP) is 2.55. The van der Waals surface area contributed by atoms with Crippen molar-refractivity contribution in [3.8, 4) is 17.1 Å². The van der Waals surface area contributed by atoms with E-state index >= 15 is 0 Å². The molecule has 1 aromatic carbocycles. The molecule has 1 saturated heterocycles. The first-order valence-corrected chi connectivity index (χ1v) is 13.7. The third-order valence-corrected chi connectivity index (χ3v) is 7.31. The van der Waals surface area contributed by atoms with Crippen LogP contribution in [0, 0.1) is 0 Å². The lowest BCUT2D eigenvalue weighted by molar-refractivity contribution is 0.0303. The van der Waals surface area contributed by atoms with Crippen molar-refractivity contribution >= 4 is 26.6 Å². The summed E-state index contributed by atoms with van der Waals surface area (Å²) in [5.41, 5.74) is 9.07. The van der Waals surface area contributed by atoms with Crippen molar-refractivity contribution in [3.05, 3.63) is 66.0 Å². The molecule has 1 aliphatic heterocycles. The van der Waals surface area contributed by atoms with Crippen LogP contribution in [0.1, 0.15) is 29.8 Å². The molecule has 192 valence electrons. The van der Waals surface area contributed by atoms with Crippen LogP contribution in [0.3, 0.4) is 0 Å². The summed E-state index contributed by atoms with van der Waals surface area (Å²) in [6.07, 6.45) is 4.47. The Morgan fingerprint density at radius 2 is 1.81 bits per heavy atom. The van der Waals surface area contributed by atoms with Crippen LogP contribution in [0.5, 0.6) is 0 Å². The fourth-order valence-electron chi connectivity index (χ4n) is 4.27. The second kappa shape index (κ2) is 9.33. The molecule has 0 atom stereocenters. The molecule has 2 N–H and O–H groups in total. The summed E-state index contributed by atoms with van der Waals surface area (Å²) in [4.78, 5) is 23.8. The number of benzene rings is 1.